The molecule has 266 valence electrons. The maximum atomic E-state index is 10.8. The predicted octanol–water partition coefficient (Wildman–Crippen LogP) is -8.91. The fourth-order valence-electron chi connectivity index (χ4n) is 5.11. The van der Waals surface area contributed by atoms with Gasteiger partial charge in [-0.2, -0.15) is 0 Å². The van der Waals surface area contributed by atoms with Gasteiger partial charge in [-0.3, -0.25) is 0 Å². The molecule has 4 rings (SSSR count). The van der Waals surface area contributed by atoms with Gasteiger partial charge < -0.3 is 110 Å². The number of hydrogen-bond donors (Lipinski definition) is 15. The Morgan fingerprint density at radius 2 is 1.13 bits per heavy atom. The SMILES string of the molecule is OCC1=C(O)[C@H](O)[C@@H](O)[C@H](O[C@H]2[C@H](O)[C@@H](O)[C@H](OC3=C(CO)O[C@@H](O[C@H]4[C@H](O)[C@@H](O)C(O)(O)O[C@@H]4CO)[C@H](O)[C@H]3O)O[C@@H]2CO)O1. The van der Waals surface area contributed by atoms with E-state index in [-0.39, 0.29) is 0 Å². The summed E-state index contributed by atoms with van der Waals surface area (Å²) < 4.78 is 36.8. The molecule has 0 radical (unpaired) electrons. The molecule has 0 aromatic rings. The molecule has 0 spiro atoms. The number of rotatable bonds is 10. The molecular formula is C24H38O22. The molecule has 0 bridgehead atoms. The monoisotopic (exact) mass is 678 g/mol. The molecule has 0 aromatic heterocycles. The van der Waals surface area contributed by atoms with Crippen molar-refractivity contribution in [3.8, 4) is 0 Å². The van der Waals surface area contributed by atoms with Crippen LogP contribution < -0.4 is 0 Å². The zero-order valence-electron chi connectivity index (χ0n) is 23.6. The Labute approximate surface area is 257 Å². The highest BCUT2D eigenvalue weighted by atomic mass is 16.8. The number of ether oxygens (including phenoxy) is 7. The van der Waals surface area contributed by atoms with Crippen LogP contribution in [0.3, 0.4) is 0 Å². The third-order valence-electron chi connectivity index (χ3n) is 7.68. The first-order chi connectivity index (χ1) is 21.6. The van der Waals surface area contributed by atoms with Gasteiger partial charge in [0.05, 0.1) is 13.2 Å². The normalized spacial score (nSPS) is 44.9. The number of hydrogen-bond acceptors (Lipinski definition) is 22. The summed E-state index contributed by atoms with van der Waals surface area (Å²) in [6.45, 7) is -3.93. The van der Waals surface area contributed by atoms with E-state index in [9.17, 15) is 76.6 Å². The highest BCUT2D eigenvalue weighted by Gasteiger charge is 2.56. The van der Waals surface area contributed by atoms with E-state index in [2.05, 4.69) is 0 Å². The van der Waals surface area contributed by atoms with Gasteiger partial charge in [0.1, 0.15) is 80.4 Å². The van der Waals surface area contributed by atoms with Crippen LogP contribution in [-0.4, -0.2) is 201 Å². The quantitative estimate of drug-likeness (QED) is 0.0953. The standard InChI is InChI=1S/C24H38O22/c25-1-5-9(29)10(30)13(33)21(40-5)43-17-6(2-26)41-22(14(34)11(17)31)44-18-7(3-27)42-23(15(35)12(18)32)45-19-8(4-28)46-24(38,39)20(37)16(19)36/h6,8,10-17,19-23,25-39H,1-4H2/t6-,8-,10+,11-,12-,13-,14-,15-,16+,17-,19-,20-,21+,22+,23+/m1/s1. The molecule has 0 saturated carbocycles. The zero-order chi connectivity index (χ0) is 34.2. The molecule has 0 aliphatic carbocycles. The van der Waals surface area contributed by atoms with Crippen molar-refractivity contribution in [2.75, 3.05) is 26.4 Å². The molecule has 15 atom stereocenters. The van der Waals surface area contributed by atoms with Crippen molar-refractivity contribution in [1.82, 2.24) is 0 Å². The van der Waals surface area contributed by atoms with E-state index in [0.717, 1.165) is 0 Å². The van der Waals surface area contributed by atoms with Crippen LogP contribution >= 0.6 is 0 Å². The van der Waals surface area contributed by atoms with E-state index in [4.69, 9.17) is 33.2 Å². The minimum atomic E-state index is -3.29. The fourth-order valence-corrected chi connectivity index (χ4v) is 5.11. The molecule has 0 unspecified atom stereocenters. The van der Waals surface area contributed by atoms with Gasteiger partial charge in [0, 0.05) is 0 Å². The molecule has 4 aliphatic rings. The Balaban J connectivity index is 1.49. The van der Waals surface area contributed by atoms with Crippen LogP contribution in [0, 0.1) is 0 Å². The van der Waals surface area contributed by atoms with Crippen molar-refractivity contribution in [3.05, 3.63) is 23.0 Å². The smallest absolute Gasteiger partial charge is 0.308 e. The van der Waals surface area contributed by atoms with E-state index < -0.39 is 148 Å². The van der Waals surface area contributed by atoms with E-state index in [1.165, 1.54) is 0 Å². The van der Waals surface area contributed by atoms with Gasteiger partial charge in [0.15, 0.2) is 29.1 Å². The molecule has 15 N–H and O–H groups in total. The van der Waals surface area contributed by atoms with Gasteiger partial charge in [-0.25, -0.2) is 0 Å². The van der Waals surface area contributed by atoms with Crippen LogP contribution in [0.15, 0.2) is 23.0 Å². The van der Waals surface area contributed by atoms with Crippen molar-refractivity contribution < 1.29 is 110 Å². The van der Waals surface area contributed by atoms with E-state index in [1.54, 1.807) is 0 Å². The average Bonchev–Trinajstić information content (AvgIpc) is 3.03. The van der Waals surface area contributed by atoms with Crippen LogP contribution in [0.25, 0.3) is 0 Å². The van der Waals surface area contributed by atoms with Gasteiger partial charge in [-0.15, -0.1) is 0 Å². The molecule has 22 nitrogen and oxygen atoms in total. The lowest BCUT2D eigenvalue weighted by atomic mass is 9.97. The second-order valence-electron chi connectivity index (χ2n) is 10.7. The summed E-state index contributed by atoms with van der Waals surface area (Å²) in [6, 6.07) is 0. The Morgan fingerprint density at radius 1 is 0.609 bits per heavy atom. The second-order valence-corrected chi connectivity index (χ2v) is 10.7. The molecule has 0 amide bonds. The van der Waals surface area contributed by atoms with E-state index in [0.29, 0.717) is 0 Å². The molecule has 4 aliphatic heterocycles. The Bertz CT molecular complexity index is 1100. The first-order valence-corrected chi connectivity index (χ1v) is 13.7. The van der Waals surface area contributed by atoms with Crippen molar-refractivity contribution in [1.29, 1.82) is 0 Å². The molecular weight excluding hydrogens is 640 g/mol. The minimum Gasteiger partial charge on any atom is -0.506 e. The molecule has 2 fully saturated rings. The van der Waals surface area contributed by atoms with Gasteiger partial charge in [-0.1, -0.05) is 0 Å². The van der Waals surface area contributed by atoms with Gasteiger partial charge in [0.25, 0.3) is 0 Å². The third kappa shape index (κ3) is 6.91. The van der Waals surface area contributed by atoms with E-state index in [1.807, 2.05) is 0 Å². The Hall–Kier alpha value is -2.04. The lowest BCUT2D eigenvalue weighted by Gasteiger charge is -2.46. The summed E-state index contributed by atoms with van der Waals surface area (Å²) in [6.07, 6.45) is -29.5. The summed E-state index contributed by atoms with van der Waals surface area (Å²) in [5, 5.41) is 151. The van der Waals surface area contributed by atoms with Gasteiger partial charge >= 0.3 is 5.97 Å². The Morgan fingerprint density at radius 3 is 1.67 bits per heavy atom. The highest BCUT2D eigenvalue weighted by Crippen LogP contribution is 2.36. The summed E-state index contributed by atoms with van der Waals surface area (Å²) in [4.78, 5) is 0. The summed E-state index contributed by atoms with van der Waals surface area (Å²) in [7, 11) is 0. The van der Waals surface area contributed by atoms with Crippen LogP contribution in [0.4, 0.5) is 0 Å². The number of aliphatic hydroxyl groups excluding tert-OH is 13. The van der Waals surface area contributed by atoms with Crippen LogP contribution in [-0.2, 0) is 33.2 Å². The zero-order valence-corrected chi connectivity index (χ0v) is 23.6. The van der Waals surface area contributed by atoms with Gasteiger partial charge in [-0.05, 0) is 0 Å². The average molecular weight is 679 g/mol. The lowest BCUT2D eigenvalue weighted by molar-refractivity contribution is -0.443. The topological polar surface area (TPSA) is 368 Å². The summed E-state index contributed by atoms with van der Waals surface area (Å²) >= 11 is 0. The molecule has 22 heteroatoms. The van der Waals surface area contributed by atoms with Crippen molar-refractivity contribution >= 4 is 0 Å². The maximum absolute atomic E-state index is 10.8. The van der Waals surface area contributed by atoms with E-state index >= 15 is 0 Å². The van der Waals surface area contributed by atoms with Crippen LogP contribution in [0.5, 0.6) is 0 Å². The largest absolute Gasteiger partial charge is 0.506 e. The fraction of sp³-hybridized carbons (Fsp3) is 0.833. The van der Waals surface area contributed by atoms with Crippen molar-refractivity contribution in [2.45, 2.75) is 98.1 Å². The Kier molecular flexibility index (Phi) is 11.7. The molecule has 46 heavy (non-hydrogen) atoms. The summed E-state index contributed by atoms with van der Waals surface area (Å²) in [5.41, 5.74) is 0. The third-order valence-corrected chi connectivity index (χ3v) is 7.68. The number of aliphatic hydroxyl groups is 15. The summed E-state index contributed by atoms with van der Waals surface area (Å²) in [5.74, 6) is -6.17. The van der Waals surface area contributed by atoms with Crippen LogP contribution in [0.2, 0.25) is 0 Å². The highest BCUT2D eigenvalue weighted by molar-refractivity contribution is 5.15. The van der Waals surface area contributed by atoms with Crippen molar-refractivity contribution in [2.24, 2.45) is 0 Å². The first kappa shape index (κ1) is 36.8. The minimum absolute atomic E-state index is 0.574. The second kappa shape index (κ2) is 14.6. The molecule has 0 aromatic carbocycles. The maximum Gasteiger partial charge on any atom is 0.308 e. The first-order valence-electron chi connectivity index (χ1n) is 13.7. The predicted molar refractivity (Wildman–Crippen MR) is 134 cm³/mol. The van der Waals surface area contributed by atoms with Crippen LogP contribution in [0.1, 0.15) is 0 Å². The molecule has 2 saturated heterocycles. The molecule has 4 heterocycles. The van der Waals surface area contributed by atoms with Crippen molar-refractivity contribution in [3.63, 3.8) is 0 Å². The lowest BCUT2D eigenvalue weighted by Crippen LogP contribution is -2.67. The van der Waals surface area contributed by atoms with Gasteiger partial charge in [0.2, 0.25) is 18.9 Å².